The van der Waals surface area contributed by atoms with Gasteiger partial charge in [0.15, 0.2) is 0 Å². The monoisotopic (exact) mass is 553 g/mol. The van der Waals surface area contributed by atoms with Gasteiger partial charge in [0.25, 0.3) is 17.4 Å². The van der Waals surface area contributed by atoms with Crippen LogP contribution in [0.1, 0.15) is 27.2 Å². The number of benzene rings is 3. The van der Waals surface area contributed by atoms with E-state index in [0.717, 1.165) is 12.1 Å². The maximum absolute atomic E-state index is 14.3. The minimum atomic E-state index is -5.02. The quantitative estimate of drug-likeness (QED) is 0.318. The molecule has 3 N–H and O–H groups in total. The Hall–Kier alpha value is -4.64. The molecule has 39 heavy (non-hydrogen) atoms. The summed E-state index contributed by atoms with van der Waals surface area (Å²) in [6.45, 7) is 1.70. The van der Waals surface area contributed by atoms with E-state index in [-0.39, 0.29) is 27.7 Å². The molecule has 1 unspecified atom stereocenters. The highest BCUT2D eigenvalue weighted by Crippen LogP contribution is 2.45. The second-order valence-corrected chi connectivity index (χ2v) is 9.19. The normalized spacial score (nSPS) is 17.1. The van der Waals surface area contributed by atoms with Crippen molar-refractivity contribution < 1.29 is 27.9 Å². The Kier molecular flexibility index (Phi) is 6.39. The smallest absolute Gasteiger partial charge is 0.427 e. The molecule has 5 rings (SSSR count). The van der Waals surface area contributed by atoms with Gasteiger partial charge in [-0.15, -0.1) is 0 Å². The van der Waals surface area contributed by atoms with Crippen molar-refractivity contribution in [2.24, 2.45) is 4.99 Å². The Balaban J connectivity index is 1.41. The fourth-order valence-corrected chi connectivity index (χ4v) is 4.33. The summed E-state index contributed by atoms with van der Waals surface area (Å²) in [5, 5.41) is 18.8. The molecule has 3 aromatic carbocycles. The van der Waals surface area contributed by atoms with Crippen LogP contribution in [0.2, 0.25) is 5.02 Å². The van der Waals surface area contributed by atoms with Crippen LogP contribution in [0.25, 0.3) is 5.69 Å². The van der Waals surface area contributed by atoms with Gasteiger partial charge in [-0.2, -0.15) is 18.3 Å². The Morgan fingerprint density at radius 3 is 2.41 bits per heavy atom. The van der Waals surface area contributed by atoms with E-state index in [9.17, 15) is 27.9 Å². The minimum absolute atomic E-state index is 0.0377. The number of carbonyl (C=O) groups excluding carboxylic acids is 2. The van der Waals surface area contributed by atoms with Gasteiger partial charge in [0.2, 0.25) is 0 Å². The van der Waals surface area contributed by atoms with E-state index < -0.39 is 23.5 Å². The van der Waals surface area contributed by atoms with Crippen LogP contribution < -0.4 is 10.6 Å². The molecule has 198 valence electrons. The van der Waals surface area contributed by atoms with Crippen molar-refractivity contribution in [2.75, 3.05) is 5.32 Å². The first-order chi connectivity index (χ1) is 18.5. The molecular formula is C27H19ClF3N5O3. The van der Waals surface area contributed by atoms with Crippen LogP contribution in [0.15, 0.2) is 84.0 Å². The number of anilines is 1. The van der Waals surface area contributed by atoms with Gasteiger partial charge >= 0.3 is 6.18 Å². The number of amides is 2. The lowest BCUT2D eigenvalue weighted by atomic mass is 9.89. The standard InChI is InChI=1S/C27H19ClF3N5O3/c1-15-22(32-24(38)17-7-11-21(37)12-8-17)14-36(35-15)20-9-5-16(6-10-20)23-33-25(39)26(34-23,27(29,30)31)18-3-2-4-19(28)13-18/h2-14,37H,1H3,(H,32,38)(H,33,34,39). The zero-order valence-corrected chi connectivity index (χ0v) is 20.9. The minimum Gasteiger partial charge on any atom is -0.508 e. The van der Waals surface area contributed by atoms with Crippen molar-refractivity contribution in [3.05, 3.63) is 106 Å². The van der Waals surface area contributed by atoms with E-state index in [2.05, 4.69) is 20.7 Å². The molecule has 0 spiro atoms. The van der Waals surface area contributed by atoms with Crippen molar-refractivity contribution in [3.63, 3.8) is 0 Å². The second-order valence-electron chi connectivity index (χ2n) is 8.75. The molecule has 0 aliphatic carbocycles. The number of alkyl halides is 3. The zero-order valence-electron chi connectivity index (χ0n) is 20.1. The van der Waals surface area contributed by atoms with Crippen LogP contribution in [-0.2, 0) is 10.3 Å². The third-order valence-corrected chi connectivity index (χ3v) is 6.41. The summed E-state index contributed by atoms with van der Waals surface area (Å²) in [5.41, 5.74) is -1.40. The van der Waals surface area contributed by atoms with Crippen LogP contribution in [0.5, 0.6) is 5.75 Å². The van der Waals surface area contributed by atoms with Crippen LogP contribution in [0.3, 0.4) is 0 Å². The molecule has 2 amide bonds. The molecule has 0 bridgehead atoms. The SMILES string of the molecule is Cc1nn(-c2ccc(C3=NC(c4cccc(Cl)c4)(C(F)(F)F)C(=O)N3)cc2)cc1NC(=O)c1ccc(O)cc1. The van der Waals surface area contributed by atoms with E-state index in [0.29, 0.717) is 22.6 Å². The average molecular weight is 554 g/mol. The number of carbonyl (C=O) groups is 2. The number of hydrogen-bond donors (Lipinski definition) is 3. The third kappa shape index (κ3) is 4.72. The number of nitrogens with zero attached hydrogens (tertiary/aromatic N) is 3. The summed E-state index contributed by atoms with van der Waals surface area (Å²) < 4.78 is 44.2. The van der Waals surface area contributed by atoms with Crippen LogP contribution >= 0.6 is 11.6 Å². The molecule has 8 nitrogen and oxygen atoms in total. The van der Waals surface area contributed by atoms with Crippen LogP contribution in [0, 0.1) is 6.92 Å². The Bertz CT molecular complexity index is 1620. The number of phenolic OH excluding ortho intramolecular Hbond substituents is 1. The number of aliphatic imine (C=N–C) groups is 1. The van der Waals surface area contributed by atoms with Crippen molar-refractivity contribution in [2.45, 2.75) is 18.6 Å². The number of phenols is 1. The summed E-state index contributed by atoms with van der Waals surface area (Å²) >= 11 is 5.90. The van der Waals surface area contributed by atoms with Gasteiger partial charge in [-0.1, -0.05) is 23.7 Å². The number of aromatic nitrogens is 2. The summed E-state index contributed by atoms with van der Waals surface area (Å²) in [6, 6.07) is 16.9. The maximum atomic E-state index is 14.3. The fourth-order valence-electron chi connectivity index (χ4n) is 4.14. The number of halogens is 4. The molecule has 0 radical (unpaired) electrons. The van der Waals surface area contributed by atoms with Crippen molar-refractivity contribution in [3.8, 4) is 11.4 Å². The van der Waals surface area contributed by atoms with Gasteiger partial charge in [-0.25, -0.2) is 9.67 Å². The summed E-state index contributed by atoms with van der Waals surface area (Å²) in [7, 11) is 0. The largest absolute Gasteiger partial charge is 0.508 e. The molecule has 1 aliphatic heterocycles. The van der Waals surface area contributed by atoms with Crippen molar-refractivity contribution >= 4 is 34.9 Å². The fraction of sp³-hybridized carbons (Fsp3) is 0.111. The molecule has 1 aliphatic rings. The Morgan fingerprint density at radius 2 is 1.77 bits per heavy atom. The average Bonchev–Trinajstić information content (AvgIpc) is 3.44. The Labute approximate surface area is 224 Å². The topological polar surface area (TPSA) is 109 Å². The van der Waals surface area contributed by atoms with Crippen molar-refractivity contribution in [1.29, 1.82) is 0 Å². The van der Waals surface area contributed by atoms with Crippen molar-refractivity contribution in [1.82, 2.24) is 15.1 Å². The molecule has 1 atom stereocenters. The lowest BCUT2D eigenvalue weighted by Crippen LogP contribution is -2.48. The van der Waals surface area contributed by atoms with E-state index in [1.165, 1.54) is 53.2 Å². The molecule has 2 heterocycles. The van der Waals surface area contributed by atoms with Crippen LogP contribution in [0.4, 0.5) is 18.9 Å². The highest BCUT2D eigenvalue weighted by Gasteiger charge is 2.64. The van der Waals surface area contributed by atoms with E-state index in [1.807, 2.05) is 0 Å². The molecular weight excluding hydrogens is 535 g/mol. The van der Waals surface area contributed by atoms with E-state index in [1.54, 1.807) is 25.3 Å². The first kappa shape index (κ1) is 26.0. The summed E-state index contributed by atoms with van der Waals surface area (Å²) in [4.78, 5) is 29.1. The molecule has 4 aromatic rings. The Morgan fingerprint density at radius 1 is 1.08 bits per heavy atom. The predicted molar refractivity (Wildman–Crippen MR) is 138 cm³/mol. The van der Waals surface area contributed by atoms with Crippen LogP contribution in [-0.4, -0.2) is 38.7 Å². The lowest BCUT2D eigenvalue weighted by molar-refractivity contribution is -0.190. The number of aromatic hydroxyl groups is 1. The van der Waals surface area contributed by atoms with E-state index >= 15 is 0 Å². The molecule has 0 saturated heterocycles. The maximum Gasteiger partial charge on any atom is 0.427 e. The van der Waals surface area contributed by atoms with E-state index in [4.69, 9.17) is 11.6 Å². The third-order valence-electron chi connectivity index (χ3n) is 6.17. The second kappa shape index (κ2) is 9.59. The molecule has 0 fully saturated rings. The van der Waals surface area contributed by atoms with Gasteiger partial charge in [0, 0.05) is 16.1 Å². The lowest BCUT2D eigenvalue weighted by Gasteiger charge is -2.26. The summed E-state index contributed by atoms with van der Waals surface area (Å²) in [5.74, 6) is -1.91. The number of rotatable bonds is 5. The zero-order chi connectivity index (χ0) is 27.9. The molecule has 0 saturated carbocycles. The highest BCUT2D eigenvalue weighted by atomic mass is 35.5. The van der Waals surface area contributed by atoms with Gasteiger partial charge in [0.05, 0.1) is 23.3 Å². The number of aryl methyl sites for hydroxylation is 1. The number of amidine groups is 1. The highest BCUT2D eigenvalue weighted by molar-refractivity contribution is 6.30. The van der Waals surface area contributed by atoms with Gasteiger partial charge in [-0.3, -0.25) is 9.59 Å². The van der Waals surface area contributed by atoms with Gasteiger partial charge in [0.1, 0.15) is 11.6 Å². The first-order valence-corrected chi connectivity index (χ1v) is 11.9. The first-order valence-electron chi connectivity index (χ1n) is 11.5. The molecule has 12 heteroatoms. The van der Waals surface area contributed by atoms with Gasteiger partial charge in [-0.05, 0) is 73.2 Å². The van der Waals surface area contributed by atoms with Gasteiger partial charge < -0.3 is 15.7 Å². The number of nitrogens with one attached hydrogen (secondary N) is 2. The summed E-state index contributed by atoms with van der Waals surface area (Å²) in [6.07, 6.45) is -3.43. The number of hydrogen-bond acceptors (Lipinski definition) is 5. The molecule has 1 aromatic heterocycles. The predicted octanol–water partition coefficient (Wildman–Crippen LogP) is 5.13.